The molecule has 308 valence electrons. The van der Waals surface area contributed by atoms with Gasteiger partial charge in [0.2, 0.25) is 4.21 Å². The molecule has 0 radical (unpaired) electrons. The number of benzene rings is 6. The van der Waals surface area contributed by atoms with Crippen LogP contribution in [0.5, 0.6) is 0 Å². The number of hydrogen-bond donors (Lipinski definition) is 0. The van der Waals surface area contributed by atoms with Crippen LogP contribution in [-0.4, -0.2) is 0 Å². The summed E-state index contributed by atoms with van der Waals surface area (Å²) in [4.78, 5) is 1.33. The molecule has 0 bridgehead atoms. The van der Waals surface area contributed by atoms with Crippen molar-refractivity contribution >= 4 is 22.2 Å². The summed E-state index contributed by atoms with van der Waals surface area (Å²) >= 11 is 1.46. The molecular weight excluding hydrogens is 824 g/mol. The van der Waals surface area contributed by atoms with Gasteiger partial charge in [-0.05, 0) is 106 Å². The SMILES string of the molecule is CCCCCCc1cc([S+](c2ccccc2)c2cc(-c3ccccc3)cs2)c(-c2cccc(C(F)(F)F)c2)c(-c2cccc(C(F)(F)F)c2)c1-c1cccc(C(F)(F)F)c1. The lowest BCUT2D eigenvalue weighted by atomic mass is 9.82. The summed E-state index contributed by atoms with van der Waals surface area (Å²) < 4.78 is 132. The third kappa shape index (κ3) is 9.53. The Morgan fingerprint density at radius 2 is 0.933 bits per heavy atom. The van der Waals surface area contributed by atoms with Crippen molar-refractivity contribution in [2.24, 2.45) is 0 Å². The van der Waals surface area contributed by atoms with Gasteiger partial charge in [-0.3, -0.25) is 0 Å². The highest BCUT2D eigenvalue weighted by molar-refractivity contribution is 7.99. The molecule has 0 amide bonds. The smallest absolute Gasteiger partial charge is 0.166 e. The van der Waals surface area contributed by atoms with E-state index in [1.165, 1.54) is 47.7 Å². The van der Waals surface area contributed by atoms with Gasteiger partial charge in [-0.25, -0.2) is 0 Å². The standard InChI is InChI=1S/C49H38F9S2/c1-2-3-4-7-17-36-29-42(60(41-24-10-6-11-25-41)43-30-37(31-59-43)32-15-8-5-9-16-32)45(34-19-13-22-39(27-34)48(53,54)55)46(35-20-14-23-40(28-35)49(56,57)58)44(36)33-18-12-21-38(26-33)47(50,51)52/h5-6,8-16,18-31H,2-4,7,17H2,1H3/q+1. The lowest BCUT2D eigenvalue weighted by Gasteiger charge is -2.24. The van der Waals surface area contributed by atoms with Crippen molar-refractivity contribution in [1.29, 1.82) is 0 Å². The summed E-state index contributed by atoms with van der Waals surface area (Å²) in [5.41, 5.74) is 0.192. The van der Waals surface area contributed by atoms with Gasteiger partial charge in [-0.1, -0.05) is 122 Å². The second kappa shape index (κ2) is 17.8. The fourth-order valence-electron chi connectivity index (χ4n) is 7.38. The summed E-state index contributed by atoms with van der Waals surface area (Å²) in [6.07, 6.45) is -10.8. The number of aryl methyl sites for hydroxylation is 1. The van der Waals surface area contributed by atoms with E-state index in [1.807, 2.05) is 85.1 Å². The molecule has 11 heteroatoms. The molecule has 0 saturated heterocycles. The molecular formula is C49H38F9S2+. The lowest BCUT2D eigenvalue weighted by Crippen LogP contribution is -2.11. The highest BCUT2D eigenvalue weighted by atomic mass is 32.2. The number of unbranched alkanes of at least 4 members (excludes halogenated alkanes) is 3. The molecule has 0 aliphatic carbocycles. The van der Waals surface area contributed by atoms with Crippen molar-refractivity contribution in [1.82, 2.24) is 0 Å². The Hall–Kier alpha value is -5.26. The Labute approximate surface area is 349 Å². The van der Waals surface area contributed by atoms with Crippen molar-refractivity contribution in [2.45, 2.75) is 71.6 Å². The quantitative estimate of drug-likeness (QED) is 0.0652. The van der Waals surface area contributed by atoms with Crippen LogP contribution in [0.3, 0.4) is 0 Å². The Bertz CT molecular complexity index is 2550. The van der Waals surface area contributed by atoms with E-state index in [-0.39, 0.29) is 33.4 Å². The average molecular weight is 862 g/mol. The van der Waals surface area contributed by atoms with Crippen LogP contribution < -0.4 is 0 Å². The highest BCUT2D eigenvalue weighted by Crippen LogP contribution is 2.52. The van der Waals surface area contributed by atoms with Gasteiger partial charge in [0.15, 0.2) is 9.79 Å². The van der Waals surface area contributed by atoms with E-state index < -0.39 is 46.1 Å². The topological polar surface area (TPSA) is 0 Å². The molecule has 6 aromatic carbocycles. The Kier molecular flexibility index (Phi) is 12.7. The van der Waals surface area contributed by atoms with Crippen LogP contribution in [0, 0.1) is 0 Å². The first-order chi connectivity index (χ1) is 28.6. The Balaban J connectivity index is 1.68. The number of rotatable bonds is 12. The minimum Gasteiger partial charge on any atom is -0.166 e. The number of hydrogen-bond acceptors (Lipinski definition) is 1. The second-order valence-electron chi connectivity index (χ2n) is 14.3. The van der Waals surface area contributed by atoms with E-state index in [0.717, 1.165) is 75.9 Å². The van der Waals surface area contributed by atoms with Crippen molar-refractivity contribution in [3.05, 3.63) is 173 Å². The molecule has 0 nitrogen and oxygen atoms in total. The molecule has 1 aromatic heterocycles. The molecule has 7 aromatic rings. The molecule has 0 aliphatic rings. The third-order valence-corrected chi connectivity index (χ3v) is 13.7. The zero-order chi connectivity index (χ0) is 42.7. The highest BCUT2D eigenvalue weighted by Gasteiger charge is 2.39. The van der Waals surface area contributed by atoms with Gasteiger partial charge in [-0.2, -0.15) is 39.5 Å². The van der Waals surface area contributed by atoms with Gasteiger partial charge in [0.25, 0.3) is 0 Å². The normalized spacial score (nSPS) is 12.8. The minimum atomic E-state index is -4.80. The van der Waals surface area contributed by atoms with Gasteiger partial charge in [0.1, 0.15) is 10.9 Å². The number of alkyl halides is 9. The Morgan fingerprint density at radius 3 is 1.45 bits per heavy atom. The van der Waals surface area contributed by atoms with Crippen LogP contribution in [0.4, 0.5) is 39.5 Å². The van der Waals surface area contributed by atoms with Crippen molar-refractivity contribution in [3.8, 4) is 44.5 Å². The summed E-state index contributed by atoms with van der Waals surface area (Å²) in [6.45, 7) is 2.04. The van der Waals surface area contributed by atoms with Gasteiger partial charge in [-0.15, -0.1) is 0 Å². The fraction of sp³-hybridized carbons (Fsp3) is 0.184. The maximum Gasteiger partial charge on any atom is 0.416 e. The van der Waals surface area contributed by atoms with E-state index in [0.29, 0.717) is 23.3 Å². The first kappa shape index (κ1) is 42.8. The maximum absolute atomic E-state index is 14.6. The third-order valence-electron chi connectivity index (χ3n) is 10.2. The zero-order valence-corrected chi connectivity index (χ0v) is 33.8. The van der Waals surface area contributed by atoms with Gasteiger partial charge < -0.3 is 0 Å². The van der Waals surface area contributed by atoms with Gasteiger partial charge in [0.05, 0.1) is 16.7 Å². The summed E-state index contributed by atoms with van der Waals surface area (Å²) in [6, 6.07) is 36.7. The predicted molar refractivity (Wildman–Crippen MR) is 224 cm³/mol. The van der Waals surface area contributed by atoms with Gasteiger partial charge >= 0.3 is 18.5 Å². The van der Waals surface area contributed by atoms with Crippen molar-refractivity contribution < 1.29 is 39.5 Å². The lowest BCUT2D eigenvalue weighted by molar-refractivity contribution is -0.138. The molecule has 1 heterocycles. The molecule has 1 atom stereocenters. The minimum absolute atomic E-state index is 0.00840. The van der Waals surface area contributed by atoms with Crippen LogP contribution in [0.2, 0.25) is 0 Å². The van der Waals surface area contributed by atoms with E-state index in [9.17, 15) is 39.5 Å². The van der Waals surface area contributed by atoms with E-state index in [2.05, 4.69) is 0 Å². The molecule has 0 fully saturated rings. The predicted octanol–water partition coefficient (Wildman–Crippen LogP) is 16.7. The van der Waals surface area contributed by atoms with Crippen LogP contribution in [0.25, 0.3) is 44.5 Å². The molecule has 60 heavy (non-hydrogen) atoms. The van der Waals surface area contributed by atoms with Crippen LogP contribution in [0.1, 0.15) is 54.9 Å². The van der Waals surface area contributed by atoms with Crippen molar-refractivity contribution in [3.63, 3.8) is 0 Å². The first-order valence-corrected chi connectivity index (χ1v) is 21.4. The summed E-state index contributed by atoms with van der Waals surface area (Å²) in [5, 5.41) is 1.99. The maximum atomic E-state index is 14.6. The van der Waals surface area contributed by atoms with Crippen molar-refractivity contribution in [2.75, 3.05) is 0 Å². The summed E-state index contributed by atoms with van der Waals surface area (Å²) in [7, 11) is -1.08. The first-order valence-electron chi connectivity index (χ1n) is 19.3. The molecule has 7 rings (SSSR count). The fourth-order valence-corrected chi connectivity index (χ4v) is 11.2. The second-order valence-corrected chi connectivity index (χ2v) is 17.5. The van der Waals surface area contributed by atoms with E-state index in [4.69, 9.17) is 0 Å². The average Bonchev–Trinajstić information content (AvgIpc) is 3.72. The molecule has 1 unspecified atom stereocenters. The molecule has 0 N–H and O–H groups in total. The molecule has 0 saturated carbocycles. The number of thiophene rings is 1. The summed E-state index contributed by atoms with van der Waals surface area (Å²) in [5.74, 6) is 0. The Morgan fingerprint density at radius 1 is 0.450 bits per heavy atom. The monoisotopic (exact) mass is 861 g/mol. The molecule has 0 spiro atoms. The van der Waals surface area contributed by atoms with Crippen LogP contribution in [0.15, 0.2) is 165 Å². The van der Waals surface area contributed by atoms with E-state index >= 15 is 0 Å². The zero-order valence-electron chi connectivity index (χ0n) is 32.2. The van der Waals surface area contributed by atoms with Crippen LogP contribution >= 0.6 is 11.3 Å². The number of halogens is 9. The van der Waals surface area contributed by atoms with Gasteiger partial charge in [0, 0.05) is 22.6 Å². The molecule has 0 aliphatic heterocycles. The van der Waals surface area contributed by atoms with Crippen LogP contribution in [-0.2, 0) is 35.8 Å². The largest absolute Gasteiger partial charge is 0.416 e. The van der Waals surface area contributed by atoms with E-state index in [1.54, 1.807) is 0 Å².